The molecular weight excluding hydrogens is 318 g/mol. The summed E-state index contributed by atoms with van der Waals surface area (Å²) in [4.78, 5) is 16.7. The third kappa shape index (κ3) is 3.76. The first-order chi connectivity index (χ1) is 11.9. The highest BCUT2D eigenvalue weighted by atomic mass is 16.5. The molecule has 1 aromatic carbocycles. The van der Waals surface area contributed by atoms with Crippen LogP contribution in [-0.4, -0.2) is 31.6 Å². The normalized spacial score (nSPS) is 11.1. The van der Waals surface area contributed by atoms with Crippen molar-refractivity contribution >= 4 is 11.7 Å². The van der Waals surface area contributed by atoms with Crippen LogP contribution in [0.3, 0.4) is 0 Å². The number of hydrogen-bond acceptors (Lipinski definition) is 5. The highest BCUT2D eigenvalue weighted by Crippen LogP contribution is 2.14. The Morgan fingerprint density at radius 1 is 1.20 bits per heavy atom. The van der Waals surface area contributed by atoms with Gasteiger partial charge in [0.1, 0.15) is 5.75 Å². The summed E-state index contributed by atoms with van der Waals surface area (Å²) in [5, 5.41) is 11.1. The van der Waals surface area contributed by atoms with E-state index in [9.17, 15) is 4.79 Å². The van der Waals surface area contributed by atoms with Gasteiger partial charge in [-0.15, -0.1) is 10.2 Å². The van der Waals surface area contributed by atoms with Crippen LogP contribution in [0.4, 0.5) is 0 Å². The lowest BCUT2D eigenvalue weighted by Crippen LogP contribution is -2.24. The molecule has 0 spiro atoms. The lowest BCUT2D eigenvalue weighted by atomic mass is 10.2. The summed E-state index contributed by atoms with van der Waals surface area (Å²) < 4.78 is 7.42. The summed E-state index contributed by atoms with van der Waals surface area (Å²) in [5.74, 6) is 1.75. The number of carbonyl (C=O) groups excluding carboxylic acids is 1. The lowest BCUT2D eigenvalue weighted by molar-refractivity contribution is 0.0949. The van der Waals surface area contributed by atoms with Crippen LogP contribution in [0.5, 0.6) is 5.75 Å². The molecule has 0 aliphatic heterocycles. The zero-order valence-corrected chi connectivity index (χ0v) is 14.8. The summed E-state index contributed by atoms with van der Waals surface area (Å²) in [7, 11) is 0. The zero-order chi connectivity index (χ0) is 18.0. The van der Waals surface area contributed by atoms with E-state index in [0.717, 1.165) is 17.1 Å². The van der Waals surface area contributed by atoms with Crippen LogP contribution < -0.4 is 10.1 Å². The van der Waals surface area contributed by atoms with E-state index in [0.29, 0.717) is 17.2 Å². The van der Waals surface area contributed by atoms with Crippen LogP contribution >= 0.6 is 0 Å². The number of nitrogens with zero attached hydrogens (tertiary/aromatic N) is 4. The molecule has 7 nitrogen and oxygen atoms in total. The van der Waals surface area contributed by atoms with Crippen molar-refractivity contribution in [3.63, 3.8) is 0 Å². The highest BCUT2D eigenvalue weighted by molar-refractivity contribution is 5.94. The Hall–Kier alpha value is -2.96. The smallest absolute Gasteiger partial charge is 0.255 e. The topological polar surface area (TPSA) is 81.4 Å². The van der Waals surface area contributed by atoms with Crippen molar-refractivity contribution in [3.8, 4) is 5.75 Å². The van der Waals surface area contributed by atoms with Gasteiger partial charge < -0.3 is 10.1 Å². The monoisotopic (exact) mass is 339 g/mol. The van der Waals surface area contributed by atoms with Crippen LogP contribution in [0.15, 0.2) is 30.3 Å². The van der Waals surface area contributed by atoms with Gasteiger partial charge in [0.15, 0.2) is 5.82 Å². The Kier molecular flexibility index (Phi) is 4.65. The lowest BCUT2D eigenvalue weighted by Gasteiger charge is -2.10. The van der Waals surface area contributed by atoms with E-state index < -0.39 is 0 Å². The molecular formula is C18H21N5O2. The predicted molar refractivity (Wildman–Crippen MR) is 93.6 cm³/mol. The van der Waals surface area contributed by atoms with Crippen molar-refractivity contribution in [2.75, 3.05) is 0 Å². The molecule has 0 saturated carbocycles. The number of hydrogen-bond donors (Lipinski definition) is 1. The fourth-order valence-electron chi connectivity index (χ4n) is 2.63. The number of amides is 1. The maximum Gasteiger partial charge on any atom is 0.255 e. The molecule has 3 rings (SSSR count). The Labute approximate surface area is 146 Å². The van der Waals surface area contributed by atoms with E-state index in [2.05, 4.69) is 20.5 Å². The minimum atomic E-state index is -0.175. The second kappa shape index (κ2) is 6.88. The Balaban J connectivity index is 1.70. The van der Waals surface area contributed by atoms with Gasteiger partial charge in [-0.3, -0.25) is 9.20 Å². The summed E-state index contributed by atoms with van der Waals surface area (Å²) in [5.41, 5.74) is 2.43. The molecule has 1 amide bonds. The summed E-state index contributed by atoms with van der Waals surface area (Å²) in [6.45, 7) is 8.07. The second-order valence-corrected chi connectivity index (χ2v) is 6.16. The Morgan fingerprint density at radius 3 is 2.60 bits per heavy atom. The quantitative estimate of drug-likeness (QED) is 0.772. The molecule has 0 bridgehead atoms. The van der Waals surface area contributed by atoms with E-state index >= 15 is 0 Å². The number of fused-ring (bicyclic) bond motifs is 1. The van der Waals surface area contributed by atoms with Crippen molar-refractivity contribution in [3.05, 3.63) is 53.1 Å². The van der Waals surface area contributed by atoms with Crippen LogP contribution in [0.25, 0.3) is 5.78 Å². The SMILES string of the molecule is Cc1cc(C)n2c(CNC(=O)c3ccc(OC(C)C)cc3)nnc2n1. The molecule has 130 valence electrons. The highest BCUT2D eigenvalue weighted by Gasteiger charge is 2.12. The number of aryl methyl sites for hydroxylation is 2. The summed E-state index contributed by atoms with van der Waals surface area (Å²) in [6.07, 6.45) is 0.0985. The van der Waals surface area contributed by atoms with Crippen LogP contribution in [-0.2, 0) is 6.54 Å². The molecule has 0 fully saturated rings. The first-order valence-corrected chi connectivity index (χ1v) is 8.17. The Morgan fingerprint density at radius 2 is 1.92 bits per heavy atom. The second-order valence-electron chi connectivity index (χ2n) is 6.16. The number of ether oxygens (including phenoxy) is 1. The van der Waals surface area contributed by atoms with Gasteiger partial charge in [-0.05, 0) is 58.0 Å². The minimum Gasteiger partial charge on any atom is -0.491 e. The zero-order valence-electron chi connectivity index (χ0n) is 14.8. The first kappa shape index (κ1) is 16.9. The van der Waals surface area contributed by atoms with Crippen molar-refractivity contribution in [2.24, 2.45) is 0 Å². The number of benzene rings is 1. The average Bonchev–Trinajstić information content (AvgIpc) is 2.96. The molecule has 7 heteroatoms. The molecule has 0 radical (unpaired) electrons. The molecule has 2 heterocycles. The van der Waals surface area contributed by atoms with Crippen molar-refractivity contribution in [2.45, 2.75) is 40.3 Å². The average molecular weight is 339 g/mol. The van der Waals surface area contributed by atoms with E-state index in [1.54, 1.807) is 24.3 Å². The van der Waals surface area contributed by atoms with Gasteiger partial charge in [0, 0.05) is 17.0 Å². The fraction of sp³-hybridized carbons (Fsp3) is 0.333. The van der Waals surface area contributed by atoms with E-state index in [1.807, 2.05) is 38.2 Å². The maximum absolute atomic E-state index is 12.3. The van der Waals surface area contributed by atoms with E-state index in [-0.39, 0.29) is 18.6 Å². The molecule has 0 atom stereocenters. The van der Waals surface area contributed by atoms with Crippen molar-refractivity contribution in [1.29, 1.82) is 0 Å². The van der Waals surface area contributed by atoms with Gasteiger partial charge in [-0.2, -0.15) is 0 Å². The molecule has 0 aliphatic rings. The molecule has 3 aromatic rings. The minimum absolute atomic E-state index is 0.0985. The number of aromatic nitrogens is 4. The first-order valence-electron chi connectivity index (χ1n) is 8.17. The van der Waals surface area contributed by atoms with Gasteiger partial charge in [0.25, 0.3) is 11.7 Å². The predicted octanol–water partition coefficient (Wildman–Crippen LogP) is 2.46. The number of nitrogens with one attached hydrogen (secondary N) is 1. The third-order valence-electron chi connectivity index (χ3n) is 3.66. The molecule has 0 unspecified atom stereocenters. The summed E-state index contributed by atoms with van der Waals surface area (Å²) in [6, 6.07) is 9.02. The van der Waals surface area contributed by atoms with Gasteiger partial charge in [-0.25, -0.2) is 4.98 Å². The van der Waals surface area contributed by atoms with E-state index in [4.69, 9.17) is 4.74 Å². The molecule has 0 aliphatic carbocycles. The standard InChI is InChI=1S/C18H21N5O2/c1-11(2)25-15-7-5-14(6-8-15)17(24)19-10-16-21-22-18-20-12(3)9-13(4)23(16)18/h5-9,11H,10H2,1-4H3,(H,19,24). The summed E-state index contributed by atoms with van der Waals surface area (Å²) >= 11 is 0. The number of carbonyl (C=O) groups is 1. The van der Waals surface area contributed by atoms with Crippen LogP contribution in [0.2, 0.25) is 0 Å². The maximum atomic E-state index is 12.3. The Bertz CT molecular complexity index is 900. The molecule has 2 aromatic heterocycles. The fourth-order valence-corrected chi connectivity index (χ4v) is 2.63. The molecule has 1 N–H and O–H groups in total. The van der Waals surface area contributed by atoms with Crippen LogP contribution in [0, 0.1) is 13.8 Å². The van der Waals surface area contributed by atoms with Crippen molar-refractivity contribution < 1.29 is 9.53 Å². The van der Waals surface area contributed by atoms with Gasteiger partial charge >= 0.3 is 0 Å². The van der Waals surface area contributed by atoms with Gasteiger partial charge in [-0.1, -0.05) is 0 Å². The van der Waals surface area contributed by atoms with Gasteiger partial charge in [0.05, 0.1) is 12.6 Å². The molecule has 25 heavy (non-hydrogen) atoms. The molecule has 0 saturated heterocycles. The van der Waals surface area contributed by atoms with E-state index in [1.165, 1.54) is 0 Å². The number of rotatable bonds is 5. The van der Waals surface area contributed by atoms with Gasteiger partial charge in [0.2, 0.25) is 0 Å². The van der Waals surface area contributed by atoms with Crippen molar-refractivity contribution in [1.82, 2.24) is 24.9 Å². The van der Waals surface area contributed by atoms with Crippen LogP contribution in [0.1, 0.15) is 41.4 Å². The third-order valence-corrected chi connectivity index (χ3v) is 3.66. The largest absolute Gasteiger partial charge is 0.491 e.